The topological polar surface area (TPSA) is 65.0 Å². The summed E-state index contributed by atoms with van der Waals surface area (Å²) in [4.78, 5) is 9.76. The molecule has 0 rings (SSSR count). The molecule has 0 heterocycles. The van der Waals surface area contributed by atoms with E-state index in [-0.39, 0.29) is 25.1 Å². The van der Waals surface area contributed by atoms with E-state index >= 15 is 0 Å². The normalized spacial score (nSPS) is 17.5. The van der Waals surface area contributed by atoms with Crippen LogP contribution in [0.5, 0.6) is 0 Å². The summed E-state index contributed by atoms with van der Waals surface area (Å²) in [5.41, 5.74) is 0. The highest BCUT2D eigenvalue weighted by molar-refractivity contribution is 5.36. The van der Waals surface area contributed by atoms with Crippen LogP contribution in [0.1, 0.15) is 13.8 Å². The van der Waals surface area contributed by atoms with Crippen molar-refractivity contribution in [2.45, 2.75) is 26.4 Å². The van der Waals surface area contributed by atoms with Gasteiger partial charge >= 0.3 is 6.48 Å². The number of aliphatic hydroxyl groups is 1. The van der Waals surface area contributed by atoms with Gasteiger partial charge in [-0.05, 0) is 6.92 Å². The largest absolute Gasteiger partial charge is 0.413 e. The zero-order valence-corrected chi connectivity index (χ0v) is 8.10. The molecule has 5 nitrogen and oxygen atoms in total. The quantitative estimate of drug-likeness (QED) is 0.458. The average Bonchev–Trinajstić information content (AvgIpc) is 2.13. The molecule has 0 saturated carbocycles. The molecule has 78 valence electrons. The summed E-state index contributed by atoms with van der Waals surface area (Å²) in [6, 6.07) is 0. The lowest BCUT2D eigenvalue weighted by Gasteiger charge is -2.19. The van der Waals surface area contributed by atoms with Crippen LogP contribution in [0.4, 0.5) is 0 Å². The standard InChI is InChI=1S/C8H16O5/c1-6(7(2)11-3)4-12-8(10)13-5-9/h5-8,10H,4H2,1-3H3. The third-order valence-electron chi connectivity index (χ3n) is 1.85. The molecule has 3 unspecified atom stereocenters. The second kappa shape index (κ2) is 6.82. The van der Waals surface area contributed by atoms with E-state index in [9.17, 15) is 4.79 Å². The zero-order valence-electron chi connectivity index (χ0n) is 8.10. The minimum Gasteiger partial charge on any atom is -0.413 e. The number of methoxy groups -OCH3 is 1. The van der Waals surface area contributed by atoms with Gasteiger partial charge in [-0.1, -0.05) is 6.92 Å². The van der Waals surface area contributed by atoms with Crippen LogP contribution in [0.15, 0.2) is 0 Å². The fraction of sp³-hybridized carbons (Fsp3) is 0.875. The van der Waals surface area contributed by atoms with Crippen LogP contribution in [-0.4, -0.2) is 37.9 Å². The first-order valence-corrected chi connectivity index (χ1v) is 4.03. The van der Waals surface area contributed by atoms with Gasteiger partial charge in [-0.25, -0.2) is 0 Å². The van der Waals surface area contributed by atoms with E-state index in [1.807, 2.05) is 13.8 Å². The van der Waals surface area contributed by atoms with Crippen molar-refractivity contribution in [2.24, 2.45) is 5.92 Å². The lowest BCUT2D eigenvalue weighted by molar-refractivity contribution is -0.250. The highest BCUT2D eigenvalue weighted by Crippen LogP contribution is 2.07. The van der Waals surface area contributed by atoms with Crippen LogP contribution >= 0.6 is 0 Å². The Morgan fingerprint density at radius 3 is 2.54 bits per heavy atom. The molecule has 0 aliphatic rings. The van der Waals surface area contributed by atoms with Crippen LogP contribution in [0, 0.1) is 5.92 Å². The lowest BCUT2D eigenvalue weighted by atomic mass is 10.1. The SMILES string of the molecule is COC(C)C(C)COC(O)OC=O. The Kier molecular flexibility index (Phi) is 6.48. The van der Waals surface area contributed by atoms with E-state index in [1.54, 1.807) is 7.11 Å². The molecule has 0 spiro atoms. The molecule has 0 aliphatic carbocycles. The molecular formula is C8H16O5. The second-order valence-corrected chi connectivity index (χ2v) is 2.79. The summed E-state index contributed by atoms with van der Waals surface area (Å²) >= 11 is 0. The maximum Gasteiger partial charge on any atom is 0.315 e. The Morgan fingerprint density at radius 1 is 1.46 bits per heavy atom. The van der Waals surface area contributed by atoms with Crippen molar-refractivity contribution in [1.29, 1.82) is 0 Å². The number of hydrogen-bond acceptors (Lipinski definition) is 5. The first kappa shape index (κ1) is 12.3. The number of aliphatic hydroxyl groups excluding tert-OH is 1. The molecule has 0 fully saturated rings. The van der Waals surface area contributed by atoms with Gasteiger partial charge in [0.05, 0.1) is 12.7 Å². The van der Waals surface area contributed by atoms with Gasteiger partial charge < -0.3 is 19.3 Å². The number of carbonyl (C=O) groups is 1. The summed E-state index contributed by atoms with van der Waals surface area (Å²) in [5, 5.41) is 8.84. The summed E-state index contributed by atoms with van der Waals surface area (Å²) in [6.07, 6.45) is 0.0310. The van der Waals surface area contributed by atoms with E-state index in [0.717, 1.165) is 0 Å². The van der Waals surface area contributed by atoms with Crippen molar-refractivity contribution < 1.29 is 24.1 Å². The van der Waals surface area contributed by atoms with Crippen LogP contribution in [0.3, 0.4) is 0 Å². The van der Waals surface area contributed by atoms with E-state index < -0.39 is 6.48 Å². The average molecular weight is 192 g/mol. The predicted molar refractivity (Wildman–Crippen MR) is 44.7 cm³/mol. The third kappa shape index (κ3) is 5.57. The van der Waals surface area contributed by atoms with Gasteiger partial charge in [0.25, 0.3) is 6.47 Å². The fourth-order valence-corrected chi connectivity index (χ4v) is 0.689. The Bertz CT molecular complexity index is 138. The molecule has 0 saturated heterocycles. The molecule has 0 aromatic heterocycles. The van der Waals surface area contributed by atoms with Gasteiger partial charge in [-0.3, -0.25) is 4.79 Å². The van der Waals surface area contributed by atoms with Gasteiger partial charge in [0.2, 0.25) is 0 Å². The van der Waals surface area contributed by atoms with Gasteiger partial charge in [0.1, 0.15) is 0 Å². The van der Waals surface area contributed by atoms with Crippen LogP contribution in [0.25, 0.3) is 0 Å². The Hall–Kier alpha value is -0.650. The minimum absolute atomic E-state index is 0.0310. The molecule has 13 heavy (non-hydrogen) atoms. The van der Waals surface area contributed by atoms with Crippen molar-refractivity contribution in [3.05, 3.63) is 0 Å². The molecule has 0 aromatic rings. The van der Waals surface area contributed by atoms with Gasteiger partial charge in [0.15, 0.2) is 0 Å². The second-order valence-electron chi connectivity index (χ2n) is 2.79. The van der Waals surface area contributed by atoms with E-state index in [0.29, 0.717) is 0 Å². The lowest BCUT2D eigenvalue weighted by Crippen LogP contribution is -2.25. The number of carbonyl (C=O) groups excluding carboxylic acids is 1. The number of rotatable bonds is 7. The Labute approximate surface area is 77.6 Å². The van der Waals surface area contributed by atoms with E-state index in [2.05, 4.69) is 4.74 Å². The first-order valence-electron chi connectivity index (χ1n) is 4.03. The van der Waals surface area contributed by atoms with Crippen molar-refractivity contribution in [1.82, 2.24) is 0 Å². The number of ether oxygens (including phenoxy) is 3. The van der Waals surface area contributed by atoms with E-state index in [4.69, 9.17) is 14.6 Å². The molecule has 0 aromatic carbocycles. The molecule has 0 radical (unpaired) electrons. The highest BCUT2D eigenvalue weighted by Gasteiger charge is 2.13. The van der Waals surface area contributed by atoms with Gasteiger partial charge in [0, 0.05) is 13.0 Å². The molecule has 0 amide bonds. The summed E-state index contributed by atoms with van der Waals surface area (Å²) in [7, 11) is 1.60. The molecule has 3 atom stereocenters. The predicted octanol–water partition coefficient (Wildman–Crippen LogP) is 0.123. The number of hydrogen-bond donors (Lipinski definition) is 1. The Balaban J connectivity index is 3.56. The highest BCUT2D eigenvalue weighted by atomic mass is 16.8. The maximum atomic E-state index is 9.76. The summed E-state index contributed by atoms with van der Waals surface area (Å²) < 4.78 is 13.9. The van der Waals surface area contributed by atoms with Crippen molar-refractivity contribution in [3.8, 4) is 0 Å². The van der Waals surface area contributed by atoms with Crippen molar-refractivity contribution in [2.75, 3.05) is 13.7 Å². The summed E-state index contributed by atoms with van der Waals surface area (Å²) in [6.45, 7) is 2.71. The molecule has 5 heteroatoms. The maximum absolute atomic E-state index is 9.76. The monoisotopic (exact) mass is 192 g/mol. The molecule has 0 bridgehead atoms. The van der Waals surface area contributed by atoms with Crippen LogP contribution < -0.4 is 0 Å². The first-order chi connectivity index (χ1) is 6.11. The third-order valence-corrected chi connectivity index (χ3v) is 1.85. The molecule has 1 N–H and O–H groups in total. The zero-order chi connectivity index (χ0) is 10.3. The van der Waals surface area contributed by atoms with Gasteiger partial charge in [-0.2, -0.15) is 0 Å². The van der Waals surface area contributed by atoms with Crippen molar-refractivity contribution >= 4 is 6.47 Å². The van der Waals surface area contributed by atoms with Crippen molar-refractivity contribution in [3.63, 3.8) is 0 Å². The van der Waals surface area contributed by atoms with Gasteiger partial charge in [-0.15, -0.1) is 0 Å². The molecular weight excluding hydrogens is 176 g/mol. The van der Waals surface area contributed by atoms with Crippen LogP contribution in [0.2, 0.25) is 0 Å². The smallest absolute Gasteiger partial charge is 0.315 e. The minimum atomic E-state index is -1.48. The molecule has 0 aliphatic heterocycles. The van der Waals surface area contributed by atoms with E-state index in [1.165, 1.54) is 0 Å². The summed E-state index contributed by atoms with van der Waals surface area (Å²) in [5.74, 6) is 0.120. The Morgan fingerprint density at radius 2 is 2.08 bits per heavy atom. The fourth-order valence-electron chi connectivity index (χ4n) is 0.689. The van der Waals surface area contributed by atoms with Crippen LogP contribution in [-0.2, 0) is 19.0 Å².